The summed E-state index contributed by atoms with van der Waals surface area (Å²) in [5, 5.41) is 0. The van der Waals surface area contributed by atoms with E-state index in [0.29, 0.717) is 5.69 Å². The van der Waals surface area contributed by atoms with Crippen LogP contribution in [0.1, 0.15) is 11.1 Å². The smallest absolute Gasteiger partial charge is 0.261 e. The molecular formula is C14H14BrNO2S. The Morgan fingerprint density at radius 3 is 2.42 bits per heavy atom. The van der Waals surface area contributed by atoms with Gasteiger partial charge in [-0.1, -0.05) is 28.1 Å². The highest BCUT2D eigenvalue weighted by Crippen LogP contribution is 2.22. The fourth-order valence-corrected chi connectivity index (χ4v) is 3.09. The Morgan fingerprint density at radius 2 is 1.79 bits per heavy atom. The lowest BCUT2D eigenvalue weighted by Gasteiger charge is -2.09. The van der Waals surface area contributed by atoms with E-state index in [-0.39, 0.29) is 4.90 Å². The van der Waals surface area contributed by atoms with Crippen molar-refractivity contribution in [3.8, 4) is 0 Å². The normalized spacial score (nSPS) is 11.3. The average Bonchev–Trinajstić information content (AvgIpc) is 2.32. The number of rotatable bonds is 3. The molecule has 19 heavy (non-hydrogen) atoms. The number of anilines is 1. The third-order valence-electron chi connectivity index (χ3n) is 2.71. The predicted octanol–water partition coefficient (Wildman–Crippen LogP) is 3.87. The molecule has 0 spiro atoms. The van der Waals surface area contributed by atoms with Crippen LogP contribution in [0.2, 0.25) is 0 Å². The van der Waals surface area contributed by atoms with E-state index < -0.39 is 10.0 Å². The number of aryl methyl sites for hydroxylation is 2. The van der Waals surface area contributed by atoms with E-state index in [1.54, 1.807) is 30.3 Å². The van der Waals surface area contributed by atoms with Crippen molar-refractivity contribution in [2.24, 2.45) is 0 Å². The maximum atomic E-state index is 12.2. The Morgan fingerprint density at radius 1 is 1.05 bits per heavy atom. The Kier molecular flexibility index (Phi) is 3.96. The molecule has 0 saturated carbocycles. The second-order valence-electron chi connectivity index (χ2n) is 4.39. The molecule has 5 heteroatoms. The largest absolute Gasteiger partial charge is 0.280 e. The molecule has 3 nitrogen and oxygen atoms in total. The molecule has 0 saturated heterocycles. The quantitative estimate of drug-likeness (QED) is 0.922. The number of hydrogen-bond acceptors (Lipinski definition) is 2. The van der Waals surface area contributed by atoms with Crippen LogP contribution in [-0.4, -0.2) is 8.42 Å². The lowest BCUT2D eigenvalue weighted by atomic mass is 10.2. The molecule has 0 aliphatic heterocycles. The van der Waals surface area contributed by atoms with Gasteiger partial charge in [0.1, 0.15) is 0 Å². The number of hydrogen-bond donors (Lipinski definition) is 1. The molecule has 2 aromatic carbocycles. The molecule has 0 unspecified atom stereocenters. The van der Waals surface area contributed by atoms with Crippen LogP contribution in [-0.2, 0) is 10.0 Å². The van der Waals surface area contributed by atoms with Gasteiger partial charge >= 0.3 is 0 Å². The second kappa shape index (κ2) is 5.35. The molecular weight excluding hydrogens is 326 g/mol. The van der Waals surface area contributed by atoms with Crippen molar-refractivity contribution in [1.82, 2.24) is 0 Å². The predicted molar refractivity (Wildman–Crippen MR) is 80.9 cm³/mol. The molecule has 2 rings (SSSR count). The van der Waals surface area contributed by atoms with Crippen molar-refractivity contribution in [3.05, 3.63) is 58.1 Å². The first-order valence-electron chi connectivity index (χ1n) is 5.74. The van der Waals surface area contributed by atoms with Crippen molar-refractivity contribution in [1.29, 1.82) is 0 Å². The number of sulfonamides is 1. The zero-order valence-electron chi connectivity index (χ0n) is 10.6. The number of benzene rings is 2. The number of nitrogens with one attached hydrogen (secondary N) is 1. The van der Waals surface area contributed by atoms with Crippen LogP contribution in [0.25, 0.3) is 0 Å². The van der Waals surface area contributed by atoms with Gasteiger partial charge in [-0.2, -0.15) is 0 Å². The maximum Gasteiger partial charge on any atom is 0.261 e. The van der Waals surface area contributed by atoms with Gasteiger partial charge in [0.2, 0.25) is 0 Å². The summed E-state index contributed by atoms with van der Waals surface area (Å²) in [7, 11) is -3.54. The van der Waals surface area contributed by atoms with E-state index in [1.807, 2.05) is 26.0 Å². The zero-order valence-corrected chi connectivity index (χ0v) is 13.0. The molecule has 0 heterocycles. The fourth-order valence-electron chi connectivity index (χ4n) is 1.71. The van der Waals surface area contributed by atoms with Crippen LogP contribution in [0.4, 0.5) is 5.69 Å². The first kappa shape index (κ1) is 14.1. The SMILES string of the molecule is Cc1cccc(NS(=O)(=O)c2ccc(Br)c(C)c2)c1. The van der Waals surface area contributed by atoms with Gasteiger partial charge < -0.3 is 0 Å². The lowest BCUT2D eigenvalue weighted by Crippen LogP contribution is -2.13. The summed E-state index contributed by atoms with van der Waals surface area (Å²) in [5.41, 5.74) is 2.46. The first-order chi connectivity index (χ1) is 8.88. The molecule has 0 aliphatic rings. The molecule has 100 valence electrons. The van der Waals surface area contributed by atoms with Gasteiger partial charge in [-0.3, -0.25) is 4.72 Å². The van der Waals surface area contributed by atoms with Crippen molar-refractivity contribution >= 4 is 31.6 Å². The monoisotopic (exact) mass is 339 g/mol. The van der Waals surface area contributed by atoms with E-state index in [2.05, 4.69) is 20.7 Å². The standard InChI is InChI=1S/C14H14BrNO2S/c1-10-4-3-5-12(8-10)16-19(17,18)13-6-7-14(15)11(2)9-13/h3-9,16H,1-2H3. The van der Waals surface area contributed by atoms with E-state index in [9.17, 15) is 8.42 Å². The van der Waals surface area contributed by atoms with E-state index >= 15 is 0 Å². The minimum absolute atomic E-state index is 0.259. The maximum absolute atomic E-state index is 12.2. The molecule has 0 fully saturated rings. The lowest BCUT2D eigenvalue weighted by molar-refractivity contribution is 0.601. The summed E-state index contributed by atoms with van der Waals surface area (Å²) in [5.74, 6) is 0. The van der Waals surface area contributed by atoms with Crippen LogP contribution in [0.15, 0.2) is 51.8 Å². The molecule has 0 aliphatic carbocycles. The minimum Gasteiger partial charge on any atom is -0.280 e. The van der Waals surface area contributed by atoms with Crippen molar-refractivity contribution in [2.45, 2.75) is 18.7 Å². The molecule has 2 aromatic rings. The van der Waals surface area contributed by atoms with Crippen molar-refractivity contribution in [3.63, 3.8) is 0 Å². The van der Waals surface area contributed by atoms with Gasteiger partial charge in [0.25, 0.3) is 10.0 Å². The van der Waals surface area contributed by atoms with Crippen LogP contribution in [0.5, 0.6) is 0 Å². The zero-order chi connectivity index (χ0) is 14.0. The van der Waals surface area contributed by atoms with Gasteiger partial charge in [0, 0.05) is 10.2 Å². The highest BCUT2D eigenvalue weighted by molar-refractivity contribution is 9.10. The number of halogens is 1. The first-order valence-corrected chi connectivity index (χ1v) is 8.02. The van der Waals surface area contributed by atoms with Gasteiger partial charge in [-0.05, 0) is 55.3 Å². The molecule has 0 atom stereocenters. The van der Waals surface area contributed by atoms with Crippen LogP contribution in [0.3, 0.4) is 0 Å². The van der Waals surface area contributed by atoms with Gasteiger partial charge in [0.05, 0.1) is 4.90 Å². The highest BCUT2D eigenvalue weighted by atomic mass is 79.9. The fraction of sp³-hybridized carbons (Fsp3) is 0.143. The van der Waals surface area contributed by atoms with E-state index in [0.717, 1.165) is 15.6 Å². The Balaban J connectivity index is 2.35. The van der Waals surface area contributed by atoms with Crippen LogP contribution < -0.4 is 4.72 Å². The van der Waals surface area contributed by atoms with E-state index in [4.69, 9.17) is 0 Å². The van der Waals surface area contributed by atoms with E-state index in [1.165, 1.54) is 0 Å². The highest BCUT2D eigenvalue weighted by Gasteiger charge is 2.14. The van der Waals surface area contributed by atoms with Crippen LogP contribution in [0, 0.1) is 13.8 Å². The third kappa shape index (κ3) is 3.36. The average molecular weight is 340 g/mol. The second-order valence-corrected chi connectivity index (χ2v) is 6.92. The van der Waals surface area contributed by atoms with Gasteiger partial charge in [-0.25, -0.2) is 8.42 Å². The summed E-state index contributed by atoms with van der Waals surface area (Å²) < 4.78 is 28.0. The minimum atomic E-state index is -3.54. The van der Waals surface area contributed by atoms with Crippen LogP contribution >= 0.6 is 15.9 Å². The van der Waals surface area contributed by atoms with Gasteiger partial charge in [0.15, 0.2) is 0 Å². The topological polar surface area (TPSA) is 46.2 Å². The van der Waals surface area contributed by atoms with Crippen molar-refractivity contribution in [2.75, 3.05) is 4.72 Å². The Labute approximate surface area is 121 Å². The Hall–Kier alpha value is -1.33. The molecule has 0 radical (unpaired) electrons. The third-order valence-corrected chi connectivity index (χ3v) is 4.98. The summed E-state index contributed by atoms with van der Waals surface area (Å²) in [6.07, 6.45) is 0. The summed E-state index contributed by atoms with van der Waals surface area (Å²) >= 11 is 3.36. The van der Waals surface area contributed by atoms with Gasteiger partial charge in [-0.15, -0.1) is 0 Å². The van der Waals surface area contributed by atoms with Crippen molar-refractivity contribution < 1.29 is 8.42 Å². The Bertz CT molecular complexity index is 711. The molecule has 0 aromatic heterocycles. The summed E-state index contributed by atoms with van der Waals surface area (Å²) in [4.78, 5) is 0.259. The molecule has 0 bridgehead atoms. The summed E-state index contributed by atoms with van der Waals surface area (Å²) in [6, 6.07) is 12.2. The molecule has 0 amide bonds. The summed E-state index contributed by atoms with van der Waals surface area (Å²) in [6.45, 7) is 3.78. The molecule has 1 N–H and O–H groups in total.